The summed E-state index contributed by atoms with van der Waals surface area (Å²) in [5.41, 5.74) is 2.12. The number of benzene rings is 2. The summed E-state index contributed by atoms with van der Waals surface area (Å²) in [7, 11) is 1.80. The summed E-state index contributed by atoms with van der Waals surface area (Å²) in [5.74, 6) is 5.62. The molecule has 0 unspecified atom stereocenters. The number of carbonyl (C=O) groups is 1. The van der Waals surface area contributed by atoms with Crippen molar-refractivity contribution in [3.63, 3.8) is 0 Å². The van der Waals surface area contributed by atoms with E-state index in [-0.39, 0.29) is 22.3 Å². The molecule has 4 heterocycles. The van der Waals surface area contributed by atoms with E-state index in [9.17, 15) is 9.59 Å². The number of hydrogen-bond donors (Lipinski definition) is 1. The standard InChI is InChI=1S/C32H27N7O2/c1-20(35-31(40)28-21(2)36-38-17-9-16-33-30(28)38)27-18-24-11-8-10-23(14-15-25-19-34-37(4)22(25)3)29(24)32(41)39(27)26-12-6-5-7-13-26/h5-13,16-20H,1-4H3,(H,35,40)/t20-/m1/s1/i5D,6D,7D,12D,13D. The fourth-order valence-corrected chi connectivity index (χ4v) is 4.75. The van der Waals surface area contributed by atoms with Crippen molar-refractivity contribution in [2.75, 3.05) is 0 Å². The normalized spacial score (nSPS) is 13.5. The topological polar surface area (TPSA) is 99.1 Å². The van der Waals surface area contributed by atoms with E-state index in [1.54, 1.807) is 74.5 Å². The second-order valence-electron chi connectivity index (χ2n) is 9.51. The Morgan fingerprint density at radius 3 is 2.63 bits per heavy atom. The van der Waals surface area contributed by atoms with Gasteiger partial charge in [0.2, 0.25) is 0 Å². The largest absolute Gasteiger partial charge is 0.344 e. The zero-order valence-electron chi connectivity index (χ0n) is 27.7. The van der Waals surface area contributed by atoms with E-state index in [0.29, 0.717) is 27.9 Å². The molecule has 41 heavy (non-hydrogen) atoms. The highest BCUT2D eigenvalue weighted by Gasteiger charge is 2.23. The van der Waals surface area contributed by atoms with Gasteiger partial charge < -0.3 is 5.32 Å². The second kappa shape index (κ2) is 10.2. The van der Waals surface area contributed by atoms with Crippen LogP contribution in [0.2, 0.25) is 0 Å². The minimum absolute atomic E-state index is 0.188. The quantitative estimate of drug-likeness (QED) is 0.333. The van der Waals surface area contributed by atoms with Gasteiger partial charge in [0.15, 0.2) is 5.65 Å². The number of nitrogens with zero attached hydrogens (tertiary/aromatic N) is 6. The van der Waals surface area contributed by atoms with Crippen LogP contribution in [0.15, 0.2) is 83.9 Å². The van der Waals surface area contributed by atoms with Crippen molar-refractivity contribution in [2.45, 2.75) is 26.8 Å². The molecule has 4 aromatic heterocycles. The molecule has 0 saturated carbocycles. The third-order valence-corrected chi connectivity index (χ3v) is 6.94. The molecule has 0 saturated heterocycles. The third kappa shape index (κ3) is 4.55. The molecule has 0 radical (unpaired) electrons. The number of aromatic nitrogens is 6. The molecule has 0 spiro atoms. The van der Waals surface area contributed by atoms with Gasteiger partial charge in [-0.25, -0.2) is 9.50 Å². The maximum atomic E-state index is 14.5. The lowest BCUT2D eigenvalue weighted by atomic mass is 10.0. The molecule has 0 fully saturated rings. The predicted octanol–water partition coefficient (Wildman–Crippen LogP) is 4.27. The number of amides is 1. The summed E-state index contributed by atoms with van der Waals surface area (Å²) in [4.78, 5) is 32.4. The molecule has 9 nitrogen and oxygen atoms in total. The van der Waals surface area contributed by atoms with Gasteiger partial charge in [-0.2, -0.15) is 10.2 Å². The van der Waals surface area contributed by atoms with Crippen molar-refractivity contribution in [2.24, 2.45) is 7.05 Å². The molecule has 6 rings (SSSR count). The lowest BCUT2D eigenvalue weighted by molar-refractivity contribution is 0.0939. The Balaban J connectivity index is 1.58. The Morgan fingerprint density at radius 2 is 1.88 bits per heavy atom. The van der Waals surface area contributed by atoms with E-state index in [4.69, 9.17) is 6.85 Å². The molecule has 6 aromatic rings. The number of rotatable bonds is 4. The number of aryl methyl sites for hydroxylation is 2. The highest BCUT2D eigenvalue weighted by atomic mass is 16.2. The summed E-state index contributed by atoms with van der Waals surface area (Å²) in [6.45, 7) is 5.20. The number of para-hydroxylation sites is 1. The van der Waals surface area contributed by atoms with Gasteiger partial charge in [-0.15, -0.1) is 0 Å². The van der Waals surface area contributed by atoms with E-state index in [1.165, 1.54) is 4.52 Å². The van der Waals surface area contributed by atoms with Crippen molar-refractivity contribution in [1.82, 2.24) is 34.3 Å². The fourth-order valence-electron chi connectivity index (χ4n) is 4.75. The van der Waals surface area contributed by atoms with Gasteiger partial charge in [0.05, 0.1) is 41.4 Å². The minimum Gasteiger partial charge on any atom is -0.344 e. The van der Waals surface area contributed by atoms with Crippen LogP contribution in [-0.2, 0) is 7.05 Å². The van der Waals surface area contributed by atoms with Gasteiger partial charge in [-0.1, -0.05) is 42.1 Å². The number of pyridine rings is 1. The molecule has 0 aliphatic heterocycles. The zero-order valence-corrected chi connectivity index (χ0v) is 22.7. The lowest BCUT2D eigenvalue weighted by Crippen LogP contribution is -2.32. The Kier molecular flexibility index (Phi) is 5.10. The van der Waals surface area contributed by atoms with Crippen molar-refractivity contribution in [1.29, 1.82) is 0 Å². The fraction of sp³-hybridized carbons (Fsp3) is 0.156. The summed E-state index contributed by atoms with van der Waals surface area (Å²) >= 11 is 0. The molecule has 2 aromatic carbocycles. The molecule has 0 aliphatic carbocycles. The summed E-state index contributed by atoms with van der Waals surface area (Å²) in [6, 6.07) is 4.70. The average molecular weight is 547 g/mol. The van der Waals surface area contributed by atoms with Gasteiger partial charge in [-0.05, 0) is 56.4 Å². The van der Waals surface area contributed by atoms with Crippen LogP contribution in [0, 0.1) is 25.7 Å². The Hall–Kier alpha value is -5.49. The van der Waals surface area contributed by atoms with E-state index in [2.05, 4.69) is 32.3 Å². The highest BCUT2D eigenvalue weighted by Crippen LogP contribution is 2.24. The summed E-state index contributed by atoms with van der Waals surface area (Å²) in [6.07, 6.45) is 4.85. The van der Waals surface area contributed by atoms with E-state index >= 15 is 0 Å². The van der Waals surface area contributed by atoms with Crippen LogP contribution in [0.3, 0.4) is 0 Å². The average Bonchev–Trinajstić information content (AvgIpc) is 3.55. The van der Waals surface area contributed by atoms with Crippen molar-refractivity contribution in [3.8, 4) is 17.5 Å². The maximum Gasteiger partial charge on any atom is 0.264 e. The Bertz CT molecular complexity index is 2340. The van der Waals surface area contributed by atoms with Gasteiger partial charge in [-0.3, -0.25) is 18.8 Å². The van der Waals surface area contributed by atoms with Gasteiger partial charge >= 0.3 is 0 Å². The lowest BCUT2D eigenvalue weighted by Gasteiger charge is -2.21. The molecule has 202 valence electrons. The second-order valence-corrected chi connectivity index (χ2v) is 9.51. The Morgan fingerprint density at radius 1 is 1.10 bits per heavy atom. The molecule has 0 aliphatic rings. The molecule has 1 amide bonds. The van der Waals surface area contributed by atoms with E-state index in [0.717, 1.165) is 10.3 Å². The first kappa shape index (κ1) is 20.4. The first-order valence-electron chi connectivity index (χ1n) is 15.3. The van der Waals surface area contributed by atoms with E-state index < -0.39 is 47.7 Å². The van der Waals surface area contributed by atoms with Crippen LogP contribution in [0.1, 0.15) is 58.4 Å². The molecule has 0 bridgehead atoms. The van der Waals surface area contributed by atoms with Crippen LogP contribution in [0.25, 0.3) is 22.1 Å². The molecular weight excluding hydrogens is 514 g/mol. The molecule has 1 N–H and O–H groups in total. The van der Waals surface area contributed by atoms with Crippen LogP contribution in [-0.4, -0.2) is 34.9 Å². The third-order valence-electron chi connectivity index (χ3n) is 6.94. The molecular formula is C32H27N7O2. The van der Waals surface area contributed by atoms with Crippen LogP contribution in [0.5, 0.6) is 0 Å². The van der Waals surface area contributed by atoms with Crippen LogP contribution >= 0.6 is 0 Å². The molecule has 1 atom stereocenters. The Labute approximate surface area is 243 Å². The minimum atomic E-state index is -0.881. The SMILES string of the molecule is [2H]c1c([2H])c([2H])c(-n2c([C@@H](C)NC(=O)c3c(C)nn4cccnc34)cc3cccc(C#Cc4cnn(C)c4C)c3c2=O)c([2H])c1[2H]. The zero-order chi connectivity index (χ0) is 33.0. The maximum absolute atomic E-state index is 14.5. The van der Waals surface area contributed by atoms with Crippen molar-refractivity contribution < 1.29 is 11.6 Å². The number of hydrogen-bond acceptors (Lipinski definition) is 5. The molecule has 9 heteroatoms. The summed E-state index contributed by atoms with van der Waals surface area (Å²) in [5, 5.41) is 12.1. The van der Waals surface area contributed by atoms with Crippen LogP contribution < -0.4 is 10.9 Å². The predicted molar refractivity (Wildman–Crippen MR) is 157 cm³/mol. The van der Waals surface area contributed by atoms with Crippen LogP contribution in [0.4, 0.5) is 0 Å². The van der Waals surface area contributed by atoms with Gasteiger partial charge in [0.1, 0.15) is 5.56 Å². The number of fused-ring (bicyclic) bond motifs is 2. The number of nitrogens with one attached hydrogen (secondary N) is 1. The number of carbonyl (C=O) groups excluding carboxylic acids is 1. The first-order valence-corrected chi connectivity index (χ1v) is 12.8. The smallest absolute Gasteiger partial charge is 0.264 e. The summed E-state index contributed by atoms with van der Waals surface area (Å²) < 4.78 is 46.3. The van der Waals surface area contributed by atoms with Crippen molar-refractivity contribution in [3.05, 3.63) is 123 Å². The first-order chi connectivity index (χ1) is 21.9. The van der Waals surface area contributed by atoms with E-state index in [1.807, 2.05) is 6.92 Å². The highest BCUT2D eigenvalue weighted by molar-refractivity contribution is 6.01. The van der Waals surface area contributed by atoms with Gasteiger partial charge in [0, 0.05) is 36.4 Å². The van der Waals surface area contributed by atoms with Gasteiger partial charge in [0.25, 0.3) is 11.5 Å². The van der Waals surface area contributed by atoms with Crippen molar-refractivity contribution >= 4 is 22.3 Å². The monoisotopic (exact) mass is 546 g/mol.